The van der Waals surface area contributed by atoms with Gasteiger partial charge in [-0.2, -0.15) is 0 Å². The lowest BCUT2D eigenvalue weighted by Crippen LogP contribution is -2.52. The Kier molecular flexibility index (Phi) is 5.27. The maximum absolute atomic E-state index is 4.81. The highest BCUT2D eigenvalue weighted by Crippen LogP contribution is 2.35. The molecule has 0 aromatic carbocycles. The summed E-state index contributed by atoms with van der Waals surface area (Å²) in [6.45, 7) is 5.26. The van der Waals surface area contributed by atoms with Gasteiger partial charge in [-0.3, -0.25) is 14.9 Å². The molecule has 1 unspecified atom stereocenters. The van der Waals surface area contributed by atoms with E-state index in [1.807, 2.05) is 42.1 Å². The van der Waals surface area contributed by atoms with E-state index < -0.39 is 0 Å². The molecule has 6 heteroatoms. The summed E-state index contributed by atoms with van der Waals surface area (Å²) >= 11 is 1.82. The van der Waals surface area contributed by atoms with Crippen LogP contribution >= 0.6 is 11.3 Å². The van der Waals surface area contributed by atoms with Crippen LogP contribution in [0.3, 0.4) is 0 Å². The highest BCUT2D eigenvalue weighted by molar-refractivity contribution is 7.16. The van der Waals surface area contributed by atoms with E-state index in [1.54, 1.807) is 0 Å². The van der Waals surface area contributed by atoms with E-state index in [0.717, 1.165) is 43.0 Å². The third kappa shape index (κ3) is 3.73. The van der Waals surface area contributed by atoms with Gasteiger partial charge in [0.2, 0.25) is 0 Å². The molecule has 0 aliphatic carbocycles. The normalized spacial score (nSPS) is 18.8. The van der Waals surface area contributed by atoms with Crippen molar-refractivity contribution in [1.82, 2.24) is 19.8 Å². The lowest BCUT2D eigenvalue weighted by molar-refractivity contribution is 0.128. The summed E-state index contributed by atoms with van der Waals surface area (Å²) in [5.41, 5.74) is 3.86. The number of pyridine rings is 2. The molecular weight excluding hydrogens is 390 g/mol. The number of nitrogens with one attached hydrogen (secondary N) is 1. The molecule has 2 aliphatic heterocycles. The van der Waals surface area contributed by atoms with Crippen LogP contribution in [0.2, 0.25) is 0 Å². The van der Waals surface area contributed by atoms with Gasteiger partial charge in [0.25, 0.3) is 0 Å². The average Bonchev–Trinajstić information content (AvgIpc) is 3.07. The molecule has 0 bridgehead atoms. The fraction of sp³-hybridized carbons (Fsp3) is 0.333. The quantitative estimate of drug-likeness (QED) is 0.706. The Bertz CT molecular complexity index is 1150. The largest absolute Gasteiger partial charge is 0.366 e. The summed E-state index contributed by atoms with van der Waals surface area (Å²) in [7, 11) is 2.25. The molecule has 5 rings (SSSR count). The summed E-state index contributed by atoms with van der Waals surface area (Å²) in [6, 6.07) is 11.2. The van der Waals surface area contributed by atoms with Crippen LogP contribution < -0.4 is 15.9 Å². The Morgan fingerprint density at radius 1 is 1.20 bits per heavy atom. The van der Waals surface area contributed by atoms with Crippen molar-refractivity contribution in [3.8, 4) is 0 Å². The lowest BCUT2D eigenvalue weighted by atomic mass is 10.0. The van der Waals surface area contributed by atoms with Crippen LogP contribution in [-0.4, -0.2) is 52.5 Å². The number of hydrogen-bond acceptors (Lipinski definition) is 6. The van der Waals surface area contributed by atoms with E-state index in [2.05, 4.69) is 58.5 Å². The van der Waals surface area contributed by atoms with Crippen LogP contribution in [0.5, 0.6) is 0 Å². The number of fused-ring (bicyclic) bond motifs is 2. The maximum atomic E-state index is 4.81. The molecule has 2 aliphatic rings. The van der Waals surface area contributed by atoms with Gasteiger partial charge in [-0.25, -0.2) is 0 Å². The second kappa shape index (κ2) is 8.20. The Balaban J connectivity index is 1.49. The third-order valence-electron chi connectivity index (χ3n) is 6.11. The minimum atomic E-state index is 0.502. The van der Waals surface area contributed by atoms with Crippen LogP contribution in [-0.2, 0) is 6.42 Å². The van der Waals surface area contributed by atoms with Crippen molar-refractivity contribution in [2.75, 3.05) is 32.0 Å². The molecule has 1 fully saturated rings. The van der Waals surface area contributed by atoms with Crippen LogP contribution in [0.25, 0.3) is 11.9 Å². The first-order valence-electron chi connectivity index (χ1n) is 10.6. The minimum Gasteiger partial charge on any atom is -0.366 e. The zero-order chi connectivity index (χ0) is 20.5. The fourth-order valence-electron chi connectivity index (χ4n) is 4.46. The molecule has 154 valence electrons. The highest BCUT2D eigenvalue weighted by atomic mass is 32.1. The number of aromatic nitrogens is 2. The number of thiophene rings is 1. The van der Waals surface area contributed by atoms with Crippen molar-refractivity contribution < 1.29 is 0 Å². The Hall–Kier alpha value is -2.70. The second-order valence-electron chi connectivity index (χ2n) is 8.16. The number of nitrogens with zero attached hydrogens (tertiary/aromatic N) is 4. The van der Waals surface area contributed by atoms with E-state index in [9.17, 15) is 0 Å². The lowest BCUT2D eigenvalue weighted by Gasteiger charge is -2.41. The molecule has 3 aromatic rings. The first kappa shape index (κ1) is 19.3. The van der Waals surface area contributed by atoms with Gasteiger partial charge in [-0.05, 0) is 56.6 Å². The maximum Gasteiger partial charge on any atom is 0.102 e. The molecule has 0 spiro atoms. The number of likely N-dealkylation sites (N-methyl/N-ethyl adjacent to an activating group) is 1. The Labute approximate surface area is 181 Å². The number of aryl methyl sites for hydroxylation is 2. The summed E-state index contributed by atoms with van der Waals surface area (Å²) in [4.78, 5) is 15.5. The average molecular weight is 418 g/mol. The fourth-order valence-corrected chi connectivity index (χ4v) is 5.34. The molecule has 1 N–H and O–H groups in total. The number of hydrogen-bond donors (Lipinski definition) is 1. The minimum absolute atomic E-state index is 0.502. The molecule has 1 atom stereocenters. The molecule has 5 nitrogen and oxygen atoms in total. The van der Waals surface area contributed by atoms with Gasteiger partial charge in [0.1, 0.15) is 5.00 Å². The molecule has 5 heterocycles. The van der Waals surface area contributed by atoms with Crippen molar-refractivity contribution >= 4 is 28.2 Å². The molecular formula is C24H27N5S. The van der Waals surface area contributed by atoms with E-state index in [-0.39, 0.29) is 0 Å². The van der Waals surface area contributed by atoms with E-state index in [1.165, 1.54) is 26.7 Å². The van der Waals surface area contributed by atoms with E-state index in [4.69, 9.17) is 4.98 Å². The van der Waals surface area contributed by atoms with Crippen LogP contribution in [0.4, 0.5) is 5.00 Å². The number of piperazine rings is 1. The predicted octanol–water partition coefficient (Wildman–Crippen LogP) is 2.42. The van der Waals surface area contributed by atoms with Gasteiger partial charge in [0.15, 0.2) is 0 Å². The Morgan fingerprint density at radius 2 is 2.10 bits per heavy atom. The predicted molar refractivity (Wildman–Crippen MR) is 124 cm³/mol. The van der Waals surface area contributed by atoms with Gasteiger partial charge in [-0.15, -0.1) is 11.3 Å². The van der Waals surface area contributed by atoms with E-state index >= 15 is 0 Å². The van der Waals surface area contributed by atoms with Gasteiger partial charge in [0, 0.05) is 66.1 Å². The van der Waals surface area contributed by atoms with Crippen molar-refractivity contribution in [2.45, 2.75) is 25.8 Å². The van der Waals surface area contributed by atoms with Gasteiger partial charge in [0.05, 0.1) is 11.0 Å². The zero-order valence-electron chi connectivity index (χ0n) is 17.5. The standard InChI is InChI=1S/C24H27N5S/c1-17-13-21-23(22-19(6-4-10-26-22)15-27-24(21)30-17)29-12-11-28(2)20(16-29)8-7-18-5-3-9-25-14-18/h3-6,9-10,13-15,20,27H,7-8,11-12,16H2,1-2H3. The smallest absolute Gasteiger partial charge is 0.102 e. The first-order chi connectivity index (χ1) is 14.7. The van der Waals surface area contributed by atoms with Crippen molar-refractivity contribution in [1.29, 1.82) is 0 Å². The van der Waals surface area contributed by atoms with Crippen LogP contribution in [0.1, 0.15) is 22.4 Å². The van der Waals surface area contributed by atoms with Crippen LogP contribution in [0, 0.1) is 6.92 Å². The number of anilines is 1. The summed E-state index contributed by atoms with van der Waals surface area (Å²) < 4.78 is 0. The monoisotopic (exact) mass is 417 g/mol. The number of rotatable bonds is 4. The molecule has 3 aromatic heterocycles. The van der Waals surface area contributed by atoms with Crippen LogP contribution in [0.15, 0.2) is 48.9 Å². The SMILES string of the molecule is Cc1cc2c(s1)NC=c1cccnc1=C2N1CCN(C)C(CCc2cccnc2)C1. The van der Waals surface area contributed by atoms with Gasteiger partial charge in [-0.1, -0.05) is 6.07 Å². The van der Waals surface area contributed by atoms with Crippen molar-refractivity contribution in [3.05, 3.63) is 75.5 Å². The van der Waals surface area contributed by atoms with Crippen molar-refractivity contribution in [3.63, 3.8) is 0 Å². The molecule has 0 amide bonds. The highest BCUT2D eigenvalue weighted by Gasteiger charge is 2.28. The topological polar surface area (TPSA) is 44.3 Å². The van der Waals surface area contributed by atoms with Crippen molar-refractivity contribution in [2.24, 2.45) is 0 Å². The Morgan fingerprint density at radius 3 is 2.97 bits per heavy atom. The zero-order valence-corrected chi connectivity index (χ0v) is 18.3. The molecule has 0 radical (unpaired) electrons. The van der Waals surface area contributed by atoms with E-state index in [0.29, 0.717) is 6.04 Å². The van der Waals surface area contributed by atoms with Gasteiger partial charge >= 0.3 is 0 Å². The summed E-state index contributed by atoms with van der Waals surface area (Å²) in [5.74, 6) is 0. The van der Waals surface area contributed by atoms with Gasteiger partial charge < -0.3 is 10.2 Å². The molecule has 30 heavy (non-hydrogen) atoms. The first-order valence-corrected chi connectivity index (χ1v) is 11.4. The summed E-state index contributed by atoms with van der Waals surface area (Å²) in [5, 5.41) is 6.97. The molecule has 0 saturated carbocycles. The second-order valence-corrected chi connectivity index (χ2v) is 9.42. The third-order valence-corrected chi connectivity index (χ3v) is 7.10. The summed E-state index contributed by atoms with van der Waals surface area (Å²) in [6.07, 6.45) is 10.0. The molecule has 1 saturated heterocycles.